The van der Waals surface area contributed by atoms with Gasteiger partial charge >= 0.3 is 0 Å². The minimum Gasteiger partial charge on any atom is -0.390 e. The first-order valence-corrected chi connectivity index (χ1v) is 6.58. The fourth-order valence-electron chi connectivity index (χ4n) is 1.32. The first kappa shape index (κ1) is 12.8. The molecule has 0 aliphatic rings. The van der Waals surface area contributed by atoms with Gasteiger partial charge in [-0.15, -0.1) is 11.3 Å². The minimum absolute atomic E-state index is 0.0786. The third-order valence-electron chi connectivity index (χ3n) is 2.10. The Balaban J connectivity index is 2.85. The summed E-state index contributed by atoms with van der Waals surface area (Å²) in [7, 11) is 0. The molecule has 15 heavy (non-hydrogen) atoms. The van der Waals surface area contributed by atoms with Crippen LogP contribution in [0.5, 0.6) is 0 Å². The second-order valence-electron chi connectivity index (χ2n) is 3.25. The summed E-state index contributed by atoms with van der Waals surface area (Å²) < 4.78 is 0. The van der Waals surface area contributed by atoms with Gasteiger partial charge in [0.2, 0.25) is 0 Å². The van der Waals surface area contributed by atoms with Crippen LogP contribution >= 0.6 is 27.3 Å². The Morgan fingerprint density at radius 2 is 2.27 bits per heavy atom. The van der Waals surface area contributed by atoms with Crippen LogP contribution in [0.2, 0.25) is 0 Å². The summed E-state index contributed by atoms with van der Waals surface area (Å²) in [4.78, 5) is 11.7. The van der Waals surface area contributed by atoms with Crippen LogP contribution < -0.4 is 0 Å². The van der Waals surface area contributed by atoms with Crippen molar-refractivity contribution in [1.29, 1.82) is 0 Å². The van der Waals surface area contributed by atoms with Crippen molar-refractivity contribution >= 4 is 33.0 Å². The van der Waals surface area contributed by atoms with E-state index in [1.165, 1.54) is 18.3 Å². The maximum atomic E-state index is 11.2. The highest BCUT2D eigenvalue weighted by molar-refractivity contribution is 9.09. The number of Topliss-reactive ketones (excluding diaryl/α,β-unsaturated/α-hetero) is 1. The number of rotatable bonds is 5. The molecule has 1 aromatic rings. The molecule has 0 bridgehead atoms. The highest BCUT2D eigenvalue weighted by atomic mass is 79.9. The summed E-state index contributed by atoms with van der Waals surface area (Å²) in [6, 6.07) is 1.68. The van der Waals surface area contributed by atoms with Crippen molar-refractivity contribution in [3.8, 4) is 0 Å². The summed E-state index contributed by atoms with van der Waals surface area (Å²) in [5.41, 5.74) is 0.529. The molecule has 0 spiro atoms. The van der Waals surface area contributed by atoms with Gasteiger partial charge in [-0.05, 0) is 24.8 Å². The molecular weight excluding hydrogens is 280 g/mol. The molecule has 0 aliphatic heterocycles. The molecule has 0 aromatic carbocycles. The molecule has 84 valence electrons. The highest BCUT2D eigenvalue weighted by Crippen LogP contribution is 2.27. The molecule has 0 radical (unpaired) electrons. The van der Waals surface area contributed by atoms with E-state index in [-0.39, 0.29) is 5.78 Å². The molecule has 2 unspecified atom stereocenters. The molecule has 0 fully saturated rings. The normalized spacial score (nSPS) is 14.9. The van der Waals surface area contributed by atoms with E-state index in [0.29, 0.717) is 22.2 Å². The van der Waals surface area contributed by atoms with E-state index in [2.05, 4.69) is 15.9 Å². The van der Waals surface area contributed by atoms with Gasteiger partial charge in [0.05, 0.1) is 11.0 Å². The van der Waals surface area contributed by atoms with Crippen molar-refractivity contribution in [3.05, 3.63) is 21.9 Å². The maximum Gasteiger partial charge on any atom is 0.170 e. The molecule has 2 atom stereocenters. The Labute approximate surface area is 101 Å². The van der Waals surface area contributed by atoms with Crippen LogP contribution in [-0.2, 0) is 0 Å². The number of carbonyl (C=O) groups excluding carboxylic acids is 1. The van der Waals surface area contributed by atoms with Gasteiger partial charge in [0.15, 0.2) is 5.78 Å². The zero-order valence-electron chi connectivity index (χ0n) is 8.31. The first-order chi connectivity index (χ1) is 7.07. The lowest BCUT2D eigenvalue weighted by Gasteiger charge is -2.16. The van der Waals surface area contributed by atoms with Gasteiger partial charge in [0.25, 0.3) is 0 Å². The van der Waals surface area contributed by atoms with Crippen molar-refractivity contribution in [1.82, 2.24) is 0 Å². The van der Waals surface area contributed by atoms with Gasteiger partial charge in [0.1, 0.15) is 6.10 Å². The quantitative estimate of drug-likeness (QED) is 0.646. The lowest BCUT2D eigenvalue weighted by molar-refractivity contribution is 0.0172. The van der Waals surface area contributed by atoms with E-state index < -0.39 is 12.2 Å². The lowest BCUT2D eigenvalue weighted by Crippen LogP contribution is -2.19. The van der Waals surface area contributed by atoms with Crippen LogP contribution in [0, 0.1) is 0 Å². The van der Waals surface area contributed by atoms with Crippen LogP contribution in [-0.4, -0.2) is 27.4 Å². The first-order valence-electron chi connectivity index (χ1n) is 4.58. The number of aliphatic hydroxyl groups is 2. The van der Waals surface area contributed by atoms with Gasteiger partial charge in [-0.25, -0.2) is 0 Å². The molecule has 2 N–H and O–H groups in total. The second-order valence-corrected chi connectivity index (χ2v) is 4.96. The van der Waals surface area contributed by atoms with E-state index in [4.69, 9.17) is 0 Å². The zero-order valence-corrected chi connectivity index (χ0v) is 10.7. The van der Waals surface area contributed by atoms with Crippen molar-refractivity contribution in [2.24, 2.45) is 0 Å². The Bertz CT molecular complexity index is 337. The predicted octanol–water partition coefficient (Wildman–Crippen LogP) is 2.13. The van der Waals surface area contributed by atoms with E-state index >= 15 is 0 Å². The van der Waals surface area contributed by atoms with Crippen LogP contribution in [0.1, 0.15) is 34.7 Å². The molecule has 0 saturated heterocycles. The molecule has 3 nitrogen and oxygen atoms in total. The third-order valence-corrected chi connectivity index (χ3v) is 3.59. The molecule has 0 aliphatic carbocycles. The molecule has 1 heterocycles. The van der Waals surface area contributed by atoms with Crippen molar-refractivity contribution < 1.29 is 15.0 Å². The van der Waals surface area contributed by atoms with Crippen LogP contribution in [0.25, 0.3) is 0 Å². The average molecular weight is 293 g/mol. The number of aliphatic hydroxyl groups excluding tert-OH is 2. The van der Waals surface area contributed by atoms with Gasteiger partial charge in [-0.2, -0.15) is 0 Å². The topological polar surface area (TPSA) is 57.5 Å². The van der Waals surface area contributed by atoms with E-state index in [0.717, 1.165) is 0 Å². The number of thiophene rings is 1. The predicted molar refractivity (Wildman–Crippen MR) is 63.7 cm³/mol. The van der Waals surface area contributed by atoms with Gasteiger partial charge in [-0.3, -0.25) is 4.79 Å². The number of alkyl halides is 1. The summed E-state index contributed by atoms with van der Waals surface area (Å²) in [5, 5.41) is 21.8. The average Bonchev–Trinajstić information content (AvgIpc) is 2.65. The van der Waals surface area contributed by atoms with Crippen molar-refractivity contribution in [3.63, 3.8) is 0 Å². The lowest BCUT2D eigenvalue weighted by atomic mass is 10.0. The smallest absolute Gasteiger partial charge is 0.170 e. The number of halogens is 1. The zero-order chi connectivity index (χ0) is 11.4. The van der Waals surface area contributed by atoms with Gasteiger partial charge < -0.3 is 10.2 Å². The molecule has 5 heteroatoms. The monoisotopic (exact) mass is 292 g/mol. The van der Waals surface area contributed by atoms with Crippen LogP contribution in [0.3, 0.4) is 0 Å². The fraction of sp³-hybridized carbons (Fsp3) is 0.500. The molecular formula is C10H13BrO3S. The van der Waals surface area contributed by atoms with Crippen molar-refractivity contribution in [2.45, 2.75) is 25.6 Å². The second kappa shape index (κ2) is 5.75. The van der Waals surface area contributed by atoms with Gasteiger partial charge in [0, 0.05) is 10.9 Å². The Kier molecular flexibility index (Phi) is 4.92. The summed E-state index contributed by atoms with van der Waals surface area (Å²) >= 11 is 4.48. The highest BCUT2D eigenvalue weighted by Gasteiger charge is 2.22. The number of hydrogen-bond donors (Lipinski definition) is 2. The van der Waals surface area contributed by atoms with Gasteiger partial charge in [-0.1, -0.05) is 15.9 Å². The fourth-order valence-corrected chi connectivity index (χ4v) is 2.63. The number of ketones is 1. The van der Waals surface area contributed by atoms with Crippen LogP contribution in [0.15, 0.2) is 11.4 Å². The van der Waals surface area contributed by atoms with E-state index in [1.54, 1.807) is 11.4 Å². The van der Waals surface area contributed by atoms with E-state index in [9.17, 15) is 15.0 Å². The molecule has 1 rings (SSSR count). The Morgan fingerprint density at radius 1 is 1.60 bits per heavy atom. The number of hydrogen-bond acceptors (Lipinski definition) is 4. The maximum absolute atomic E-state index is 11.2. The Hall–Kier alpha value is -0.230. The minimum atomic E-state index is -0.979. The summed E-state index contributed by atoms with van der Waals surface area (Å²) in [6.45, 7) is 1.46. The molecule has 1 aromatic heterocycles. The van der Waals surface area contributed by atoms with E-state index in [1.807, 2.05) is 0 Å². The largest absolute Gasteiger partial charge is 0.390 e. The standard InChI is InChI=1S/C10H13BrO3S/c1-6(12)10-7(3-5-15-10)9(14)8(13)2-4-11/h3,5,8-9,13-14H,2,4H2,1H3. The molecule has 0 amide bonds. The summed E-state index contributed by atoms with van der Waals surface area (Å²) in [5.74, 6) is -0.0786. The Morgan fingerprint density at radius 3 is 2.80 bits per heavy atom. The summed E-state index contributed by atoms with van der Waals surface area (Å²) in [6.07, 6.45) is -1.36. The number of carbonyl (C=O) groups is 1. The SMILES string of the molecule is CC(=O)c1sccc1C(O)C(O)CCBr. The van der Waals surface area contributed by atoms with Crippen LogP contribution in [0.4, 0.5) is 0 Å². The van der Waals surface area contributed by atoms with Crippen molar-refractivity contribution in [2.75, 3.05) is 5.33 Å². The molecule has 0 saturated carbocycles. The third kappa shape index (κ3) is 3.11.